The summed E-state index contributed by atoms with van der Waals surface area (Å²) in [7, 11) is 1.86. The van der Waals surface area contributed by atoms with Crippen LogP contribution in [-0.2, 0) is 9.53 Å². The van der Waals surface area contributed by atoms with Crippen molar-refractivity contribution >= 4 is 11.7 Å². The van der Waals surface area contributed by atoms with Gasteiger partial charge >= 0.3 is 0 Å². The van der Waals surface area contributed by atoms with Gasteiger partial charge in [0.05, 0.1) is 19.4 Å². The smallest absolute Gasteiger partial charge is 0.258 e. The average molecular weight is 254 g/mol. The van der Waals surface area contributed by atoms with Crippen LogP contribution in [0, 0.1) is 5.82 Å². The Morgan fingerprint density at radius 1 is 1.61 bits per heavy atom. The van der Waals surface area contributed by atoms with Crippen LogP contribution >= 0.6 is 0 Å². The molecule has 1 saturated heterocycles. The van der Waals surface area contributed by atoms with Crippen molar-refractivity contribution in [1.29, 1.82) is 0 Å². The van der Waals surface area contributed by atoms with Crippen molar-refractivity contribution < 1.29 is 13.9 Å². The number of morpholine rings is 1. The lowest BCUT2D eigenvalue weighted by Crippen LogP contribution is -2.53. The molecule has 0 bridgehead atoms. The van der Waals surface area contributed by atoms with Gasteiger partial charge in [0.2, 0.25) is 0 Å². The number of halogens is 1. The largest absolute Gasteiger partial charge is 0.378 e. The van der Waals surface area contributed by atoms with Crippen LogP contribution in [0.5, 0.6) is 0 Å². The molecule has 1 fully saturated rings. The minimum atomic E-state index is -0.424. The van der Waals surface area contributed by atoms with E-state index in [0.717, 1.165) is 6.20 Å². The Labute approximate surface area is 104 Å². The first-order chi connectivity index (χ1) is 8.66. The molecule has 0 aromatic carbocycles. The molecule has 0 spiro atoms. The number of anilines is 1. The van der Waals surface area contributed by atoms with E-state index in [2.05, 4.69) is 15.8 Å². The van der Waals surface area contributed by atoms with Crippen molar-refractivity contribution in [1.82, 2.24) is 15.3 Å². The average Bonchev–Trinajstić information content (AvgIpc) is 2.38. The van der Waals surface area contributed by atoms with E-state index < -0.39 is 5.82 Å². The molecular formula is C11H15FN4O2. The maximum atomic E-state index is 12.6. The molecule has 6 nitrogen and oxygen atoms in total. The van der Waals surface area contributed by atoms with Crippen molar-refractivity contribution in [3.05, 3.63) is 24.1 Å². The fourth-order valence-corrected chi connectivity index (χ4v) is 1.62. The van der Waals surface area contributed by atoms with Gasteiger partial charge in [-0.15, -0.1) is 0 Å². The number of aromatic nitrogens is 1. The Kier molecular flexibility index (Phi) is 4.06. The summed E-state index contributed by atoms with van der Waals surface area (Å²) in [5, 5.41) is 0. The first kappa shape index (κ1) is 12.7. The molecule has 2 N–H and O–H groups in total. The van der Waals surface area contributed by atoms with Crippen LogP contribution < -0.4 is 10.9 Å². The topological polar surface area (TPSA) is 66.5 Å². The zero-order valence-corrected chi connectivity index (χ0v) is 10.0. The highest BCUT2D eigenvalue weighted by atomic mass is 19.1. The molecule has 0 saturated carbocycles. The predicted octanol–water partition coefficient (Wildman–Crippen LogP) is -0.00560. The predicted molar refractivity (Wildman–Crippen MR) is 63.2 cm³/mol. The lowest BCUT2D eigenvalue weighted by Gasteiger charge is -2.31. The Balaban J connectivity index is 1.85. The molecule has 1 amide bonds. The molecule has 1 unspecified atom stereocenters. The highest BCUT2D eigenvalue weighted by Crippen LogP contribution is 2.05. The second-order valence-corrected chi connectivity index (χ2v) is 4.05. The molecule has 0 aliphatic carbocycles. The Morgan fingerprint density at radius 2 is 2.44 bits per heavy atom. The third-order valence-electron chi connectivity index (χ3n) is 2.74. The number of hydrazine groups is 1. The summed E-state index contributed by atoms with van der Waals surface area (Å²) in [4.78, 5) is 17.5. The molecule has 1 aromatic rings. The molecule has 2 rings (SSSR count). The van der Waals surface area contributed by atoms with Crippen molar-refractivity contribution in [2.24, 2.45) is 0 Å². The van der Waals surface area contributed by atoms with Gasteiger partial charge in [-0.25, -0.2) is 9.37 Å². The Hall–Kier alpha value is -1.73. The van der Waals surface area contributed by atoms with Crippen LogP contribution in [0.2, 0.25) is 0 Å². The first-order valence-corrected chi connectivity index (χ1v) is 5.62. The summed E-state index contributed by atoms with van der Waals surface area (Å²) in [6.45, 7) is 1.71. The molecule has 1 aliphatic rings. The van der Waals surface area contributed by atoms with Gasteiger partial charge in [-0.05, 0) is 19.2 Å². The van der Waals surface area contributed by atoms with E-state index in [1.165, 1.54) is 12.1 Å². The normalized spacial score (nSPS) is 20.4. The van der Waals surface area contributed by atoms with Crippen LogP contribution in [0.4, 0.5) is 10.2 Å². The minimum Gasteiger partial charge on any atom is -0.378 e. The molecule has 2 heterocycles. The third-order valence-corrected chi connectivity index (χ3v) is 2.74. The summed E-state index contributed by atoms with van der Waals surface area (Å²) >= 11 is 0. The van der Waals surface area contributed by atoms with E-state index in [1.807, 2.05) is 11.9 Å². The number of carbonyl (C=O) groups excluding carboxylic acids is 1. The van der Waals surface area contributed by atoms with Gasteiger partial charge in [0, 0.05) is 6.54 Å². The number of hydrogen-bond donors (Lipinski definition) is 2. The number of amides is 1. The zero-order valence-electron chi connectivity index (χ0n) is 10.0. The van der Waals surface area contributed by atoms with Crippen molar-refractivity contribution in [2.75, 3.05) is 32.2 Å². The number of ether oxygens (including phenoxy) is 1. The van der Waals surface area contributed by atoms with Gasteiger partial charge in [0.15, 0.2) is 0 Å². The van der Waals surface area contributed by atoms with E-state index in [1.54, 1.807) is 0 Å². The molecule has 98 valence electrons. The highest BCUT2D eigenvalue weighted by Gasteiger charge is 2.26. The van der Waals surface area contributed by atoms with Crippen LogP contribution in [-0.4, -0.2) is 48.6 Å². The van der Waals surface area contributed by atoms with Gasteiger partial charge in [0.25, 0.3) is 5.91 Å². The van der Waals surface area contributed by atoms with E-state index in [4.69, 9.17) is 4.74 Å². The lowest BCUT2D eigenvalue weighted by atomic mass is 10.2. The van der Waals surface area contributed by atoms with E-state index in [0.29, 0.717) is 25.6 Å². The number of nitrogens with zero attached hydrogens (tertiary/aromatic N) is 2. The number of pyridine rings is 1. The molecule has 1 atom stereocenters. The third kappa shape index (κ3) is 3.14. The summed E-state index contributed by atoms with van der Waals surface area (Å²) in [5.41, 5.74) is 5.15. The molecular weight excluding hydrogens is 239 g/mol. The molecule has 18 heavy (non-hydrogen) atoms. The van der Waals surface area contributed by atoms with Crippen LogP contribution in [0.15, 0.2) is 18.3 Å². The van der Waals surface area contributed by atoms with Crippen LogP contribution in [0.1, 0.15) is 0 Å². The highest BCUT2D eigenvalue weighted by molar-refractivity contribution is 5.82. The monoisotopic (exact) mass is 254 g/mol. The van der Waals surface area contributed by atoms with Crippen molar-refractivity contribution in [3.63, 3.8) is 0 Å². The number of likely N-dealkylation sites (N-methyl/N-ethyl adjacent to an activating group) is 1. The van der Waals surface area contributed by atoms with Crippen molar-refractivity contribution in [2.45, 2.75) is 6.04 Å². The Morgan fingerprint density at radius 3 is 3.11 bits per heavy atom. The van der Waals surface area contributed by atoms with Gasteiger partial charge in [-0.1, -0.05) is 0 Å². The van der Waals surface area contributed by atoms with Gasteiger partial charge in [-0.3, -0.25) is 20.5 Å². The first-order valence-electron chi connectivity index (χ1n) is 5.62. The molecule has 7 heteroatoms. The molecule has 0 radical (unpaired) electrons. The fourth-order valence-electron chi connectivity index (χ4n) is 1.62. The van der Waals surface area contributed by atoms with Crippen LogP contribution in [0.3, 0.4) is 0 Å². The minimum absolute atomic E-state index is 0.205. The molecule has 1 aromatic heterocycles. The maximum absolute atomic E-state index is 12.6. The quantitative estimate of drug-likeness (QED) is 0.743. The number of carbonyl (C=O) groups is 1. The summed E-state index contributed by atoms with van der Waals surface area (Å²) in [6.07, 6.45) is 1.07. The van der Waals surface area contributed by atoms with Crippen LogP contribution in [0.25, 0.3) is 0 Å². The van der Waals surface area contributed by atoms with Crippen molar-refractivity contribution in [3.8, 4) is 0 Å². The number of hydrogen-bond acceptors (Lipinski definition) is 5. The SMILES string of the molecule is CN1CCOCC1C(=O)NNc1ccc(F)cn1. The Bertz CT molecular complexity index is 412. The summed E-state index contributed by atoms with van der Waals surface area (Å²) < 4.78 is 17.9. The van der Waals surface area contributed by atoms with Gasteiger partial charge in [0.1, 0.15) is 17.7 Å². The summed E-state index contributed by atoms with van der Waals surface area (Å²) in [5.74, 6) is -0.250. The van der Waals surface area contributed by atoms with Gasteiger partial charge < -0.3 is 4.74 Å². The second-order valence-electron chi connectivity index (χ2n) is 4.05. The lowest BCUT2D eigenvalue weighted by molar-refractivity contribution is -0.130. The zero-order chi connectivity index (χ0) is 13.0. The summed E-state index contributed by atoms with van der Waals surface area (Å²) in [6, 6.07) is 2.38. The van der Waals surface area contributed by atoms with E-state index in [-0.39, 0.29) is 11.9 Å². The standard InChI is InChI=1S/C11H15FN4O2/c1-16-4-5-18-7-9(16)11(17)15-14-10-3-2-8(12)6-13-10/h2-3,6,9H,4-5,7H2,1H3,(H,13,14)(H,15,17). The number of rotatable bonds is 3. The second kappa shape index (κ2) is 5.74. The van der Waals surface area contributed by atoms with Gasteiger partial charge in [-0.2, -0.15) is 0 Å². The molecule has 1 aliphatic heterocycles. The maximum Gasteiger partial charge on any atom is 0.258 e. The number of nitrogens with one attached hydrogen (secondary N) is 2. The van der Waals surface area contributed by atoms with E-state index >= 15 is 0 Å². The fraction of sp³-hybridized carbons (Fsp3) is 0.455. The van der Waals surface area contributed by atoms with E-state index in [9.17, 15) is 9.18 Å².